The molecule has 3 heterocycles. The summed E-state index contributed by atoms with van der Waals surface area (Å²) in [5.41, 5.74) is 4.40. The van der Waals surface area contributed by atoms with E-state index in [1.54, 1.807) is 26.0 Å². The number of thioether (sulfide) groups is 1. The molecule has 228 valence electrons. The van der Waals surface area contributed by atoms with Crippen molar-refractivity contribution in [1.82, 2.24) is 5.32 Å². The number of furan rings is 1. The first-order valence-electron chi connectivity index (χ1n) is 14.6. The number of allylic oxidation sites excluding steroid dienone is 2. The van der Waals surface area contributed by atoms with E-state index in [-0.39, 0.29) is 29.7 Å². The fourth-order valence-corrected chi connectivity index (χ4v) is 7.65. The summed E-state index contributed by atoms with van der Waals surface area (Å²) in [6, 6.07) is 13.3. The summed E-state index contributed by atoms with van der Waals surface area (Å²) in [5.74, 6) is -1.45. The molecule has 1 aromatic carbocycles. The molecule has 5 rings (SSSR count). The van der Waals surface area contributed by atoms with E-state index in [1.807, 2.05) is 24.3 Å². The van der Waals surface area contributed by atoms with Gasteiger partial charge in [-0.25, -0.2) is 4.79 Å². The Balaban J connectivity index is 1.36. The minimum absolute atomic E-state index is 0.0260. The molecule has 1 atom stereocenters. The molecule has 0 saturated carbocycles. The number of anilines is 2. The molecule has 0 bridgehead atoms. The molecule has 0 unspecified atom stereocenters. The zero-order valence-electron chi connectivity index (χ0n) is 24.9. The van der Waals surface area contributed by atoms with Crippen molar-refractivity contribution in [1.29, 1.82) is 5.26 Å². The highest BCUT2D eigenvalue weighted by Crippen LogP contribution is 2.42. The van der Waals surface area contributed by atoms with E-state index in [0.29, 0.717) is 38.3 Å². The number of hydrogen-bond donors (Lipinski definition) is 3. The van der Waals surface area contributed by atoms with E-state index in [9.17, 15) is 19.6 Å². The van der Waals surface area contributed by atoms with E-state index in [1.165, 1.54) is 17.6 Å². The number of thiophene rings is 1. The van der Waals surface area contributed by atoms with Crippen molar-refractivity contribution < 1.29 is 23.5 Å². The molecule has 1 aliphatic heterocycles. The molecule has 44 heavy (non-hydrogen) atoms. The van der Waals surface area contributed by atoms with Crippen molar-refractivity contribution in [3.63, 3.8) is 0 Å². The predicted molar refractivity (Wildman–Crippen MR) is 172 cm³/mol. The molecule has 0 fully saturated rings. The Labute approximate surface area is 264 Å². The standard InChI is InChI=1S/C33H34N4O5S2/c1-4-20-12-14-21(15-13-20)36-30(39)27-19(3)35-31(23(17-34)28(27)24-10-8-16-42-24)43-18-26(38)37-32-29(33(40)41-5-2)22-9-6-7-11-25(22)44-32/h8,10,12-16,28,35H,4-7,9,11,18H2,1-3H3,(H,36,39)(H,37,38)/t28-/m1/s1. The predicted octanol–water partition coefficient (Wildman–Crippen LogP) is 6.67. The van der Waals surface area contributed by atoms with Gasteiger partial charge in [-0.3, -0.25) is 9.59 Å². The van der Waals surface area contributed by atoms with Crippen LogP contribution in [0, 0.1) is 11.3 Å². The first-order chi connectivity index (χ1) is 21.3. The Morgan fingerprint density at radius 1 is 1.14 bits per heavy atom. The van der Waals surface area contributed by atoms with Gasteiger partial charge in [-0.05, 0) is 81.3 Å². The Bertz CT molecular complexity index is 1660. The minimum Gasteiger partial charge on any atom is -0.468 e. The average molecular weight is 631 g/mol. The Hall–Kier alpha value is -4.27. The van der Waals surface area contributed by atoms with E-state index in [4.69, 9.17) is 9.15 Å². The van der Waals surface area contributed by atoms with Crippen LogP contribution >= 0.6 is 23.1 Å². The minimum atomic E-state index is -0.767. The van der Waals surface area contributed by atoms with Crippen LogP contribution in [0.5, 0.6) is 0 Å². The normalized spacial score (nSPS) is 16.1. The van der Waals surface area contributed by atoms with Crippen LogP contribution in [-0.2, 0) is 33.6 Å². The van der Waals surface area contributed by atoms with Gasteiger partial charge in [-0.2, -0.15) is 5.26 Å². The average Bonchev–Trinajstić information content (AvgIpc) is 3.68. The van der Waals surface area contributed by atoms with Gasteiger partial charge in [0.2, 0.25) is 5.91 Å². The highest BCUT2D eigenvalue weighted by atomic mass is 32.2. The monoisotopic (exact) mass is 630 g/mol. The lowest BCUT2D eigenvalue weighted by atomic mass is 9.85. The largest absolute Gasteiger partial charge is 0.468 e. The zero-order valence-corrected chi connectivity index (χ0v) is 26.5. The molecule has 2 amide bonds. The number of dihydropyridines is 1. The van der Waals surface area contributed by atoms with Crippen LogP contribution in [0.2, 0.25) is 0 Å². The summed E-state index contributed by atoms with van der Waals surface area (Å²) >= 11 is 2.59. The van der Waals surface area contributed by atoms with Crippen LogP contribution in [0.25, 0.3) is 0 Å². The molecule has 0 radical (unpaired) electrons. The van der Waals surface area contributed by atoms with Crippen LogP contribution < -0.4 is 16.0 Å². The number of esters is 1. The van der Waals surface area contributed by atoms with Crippen molar-refractivity contribution in [3.8, 4) is 6.07 Å². The van der Waals surface area contributed by atoms with Gasteiger partial charge in [0.1, 0.15) is 10.8 Å². The lowest BCUT2D eigenvalue weighted by Gasteiger charge is -2.28. The fraction of sp³-hybridized carbons (Fsp3) is 0.333. The second kappa shape index (κ2) is 14.0. The Kier molecular flexibility index (Phi) is 9.92. The third-order valence-corrected chi connectivity index (χ3v) is 9.82. The number of rotatable bonds is 10. The van der Waals surface area contributed by atoms with Gasteiger partial charge in [0.05, 0.1) is 52.3 Å². The lowest BCUT2D eigenvalue weighted by Crippen LogP contribution is -2.31. The number of aryl methyl sites for hydroxylation is 2. The summed E-state index contributed by atoms with van der Waals surface area (Å²) in [6.45, 7) is 5.84. The van der Waals surface area contributed by atoms with Gasteiger partial charge >= 0.3 is 5.97 Å². The van der Waals surface area contributed by atoms with Crippen molar-refractivity contribution in [3.05, 3.63) is 91.9 Å². The summed E-state index contributed by atoms with van der Waals surface area (Å²) in [7, 11) is 0. The van der Waals surface area contributed by atoms with Crippen molar-refractivity contribution in [2.24, 2.45) is 0 Å². The number of amides is 2. The van der Waals surface area contributed by atoms with Gasteiger partial charge in [-0.15, -0.1) is 11.3 Å². The third-order valence-electron chi connectivity index (χ3n) is 7.59. The molecule has 3 aromatic rings. The van der Waals surface area contributed by atoms with E-state index < -0.39 is 11.9 Å². The third kappa shape index (κ3) is 6.61. The second-order valence-corrected chi connectivity index (χ2v) is 12.5. The van der Waals surface area contributed by atoms with Crippen LogP contribution in [-0.4, -0.2) is 30.1 Å². The van der Waals surface area contributed by atoms with Gasteiger partial charge < -0.3 is 25.1 Å². The number of carbonyl (C=O) groups is 3. The Morgan fingerprint density at radius 2 is 1.91 bits per heavy atom. The van der Waals surface area contributed by atoms with E-state index in [0.717, 1.165) is 59.9 Å². The van der Waals surface area contributed by atoms with E-state index >= 15 is 0 Å². The van der Waals surface area contributed by atoms with Crippen LogP contribution in [0.4, 0.5) is 10.7 Å². The maximum atomic E-state index is 13.6. The number of nitrogens with zero attached hydrogens (tertiary/aromatic N) is 1. The van der Waals surface area contributed by atoms with E-state index in [2.05, 4.69) is 28.9 Å². The first-order valence-corrected chi connectivity index (χ1v) is 16.4. The SMILES string of the molecule is CCOC(=O)c1c(NC(=O)CSC2=C(C#N)[C@H](c3ccco3)C(C(=O)Nc3ccc(CC)cc3)=C(C)N2)sc2c1CCCC2. The molecule has 0 saturated heterocycles. The maximum absolute atomic E-state index is 13.6. The maximum Gasteiger partial charge on any atom is 0.341 e. The molecule has 11 heteroatoms. The molecule has 2 aromatic heterocycles. The lowest BCUT2D eigenvalue weighted by molar-refractivity contribution is -0.114. The number of nitrogens with one attached hydrogen (secondary N) is 3. The summed E-state index contributed by atoms with van der Waals surface area (Å²) in [6.07, 6.45) is 6.09. The molecule has 2 aliphatic rings. The zero-order chi connectivity index (χ0) is 31.2. The number of nitriles is 1. The first kappa shape index (κ1) is 31.2. The van der Waals surface area contributed by atoms with Gasteiger partial charge in [0, 0.05) is 16.3 Å². The van der Waals surface area contributed by atoms with Crippen molar-refractivity contribution in [2.45, 2.75) is 58.8 Å². The van der Waals surface area contributed by atoms with Gasteiger partial charge in [0.25, 0.3) is 5.91 Å². The second-order valence-electron chi connectivity index (χ2n) is 10.4. The number of ether oxygens (including phenoxy) is 1. The van der Waals surface area contributed by atoms with Gasteiger partial charge in [0.15, 0.2) is 0 Å². The van der Waals surface area contributed by atoms with Crippen LogP contribution in [0.1, 0.15) is 71.7 Å². The summed E-state index contributed by atoms with van der Waals surface area (Å²) in [5, 5.41) is 20.3. The molecular weight excluding hydrogens is 597 g/mol. The van der Waals surface area contributed by atoms with Crippen molar-refractivity contribution in [2.75, 3.05) is 23.0 Å². The summed E-state index contributed by atoms with van der Waals surface area (Å²) < 4.78 is 11.0. The topological polar surface area (TPSA) is 133 Å². The number of carbonyl (C=O) groups excluding carboxylic acids is 3. The quantitative estimate of drug-likeness (QED) is 0.212. The molecule has 0 spiro atoms. The Morgan fingerprint density at radius 3 is 2.59 bits per heavy atom. The number of fused-ring (bicyclic) bond motifs is 1. The number of benzene rings is 1. The van der Waals surface area contributed by atoms with Crippen LogP contribution in [0.15, 0.2) is 69.0 Å². The van der Waals surface area contributed by atoms with Gasteiger partial charge in [-0.1, -0.05) is 30.8 Å². The fourth-order valence-electron chi connectivity index (χ4n) is 5.46. The highest BCUT2D eigenvalue weighted by molar-refractivity contribution is 8.03. The smallest absolute Gasteiger partial charge is 0.341 e. The molecule has 9 nitrogen and oxygen atoms in total. The number of hydrogen-bond acceptors (Lipinski definition) is 9. The van der Waals surface area contributed by atoms with Crippen LogP contribution in [0.3, 0.4) is 0 Å². The molecular formula is C33H34N4O5S2. The summed E-state index contributed by atoms with van der Waals surface area (Å²) in [4.78, 5) is 40.7. The van der Waals surface area contributed by atoms with Crippen molar-refractivity contribution >= 4 is 51.6 Å². The molecule has 3 N–H and O–H groups in total. The highest BCUT2D eigenvalue weighted by Gasteiger charge is 2.37. The molecule has 1 aliphatic carbocycles.